The van der Waals surface area contributed by atoms with Crippen molar-refractivity contribution in [3.63, 3.8) is 0 Å². The molecule has 1 aromatic carbocycles. The molecule has 1 aromatic rings. The summed E-state index contributed by atoms with van der Waals surface area (Å²) in [5.74, 6) is -4.73. The van der Waals surface area contributed by atoms with Crippen LogP contribution in [0.3, 0.4) is 0 Å². The van der Waals surface area contributed by atoms with Gasteiger partial charge in [0.05, 0.1) is 23.9 Å². The normalized spacial score (nSPS) is 24.0. The molecule has 3 atom stereocenters. The third-order valence-corrected chi connectivity index (χ3v) is 6.25. The molecule has 2 aliphatic rings. The minimum Gasteiger partial charge on any atom is -0.490 e. The van der Waals surface area contributed by atoms with Crippen molar-refractivity contribution < 1.29 is 29.3 Å². The topological polar surface area (TPSA) is 104 Å². The van der Waals surface area contributed by atoms with Crippen LogP contribution < -0.4 is 4.74 Å². The van der Waals surface area contributed by atoms with E-state index in [9.17, 15) is 24.6 Å². The number of carbonyl (C=O) groups is 3. The van der Waals surface area contributed by atoms with Gasteiger partial charge in [-0.25, -0.2) is 0 Å². The number of hydrogen-bond donors (Lipinski definition) is 2. The molecule has 0 aliphatic heterocycles. The Balaban J connectivity index is 1.62. The van der Waals surface area contributed by atoms with Crippen LogP contribution in [0.1, 0.15) is 57.4 Å². The summed E-state index contributed by atoms with van der Waals surface area (Å²) in [4.78, 5) is 37.4. The lowest BCUT2D eigenvalue weighted by molar-refractivity contribution is -0.172. The average Bonchev–Trinajstić information content (AvgIpc) is 2.68. The Morgan fingerprint density at radius 1 is 1.00 bits per heavy atom. The van der Waals surface area contributed by atoms with Crippen LogP contribution in [0.2, 0.25) is 0 Å². The van der Waals surface area contributed by atoms with E-state index in [2.05, 4.69) is 0 Å². The number of carbonyl (C=O) groups excluding carboxylic acids is 1. The first kappa shape index (κ1) is 22.1. The molecule has 7 heteroatoms. The molecule has 0 heterocycles. The molecule has 2 N–H and O–H groups in total. The summed E-state index contributed by atoms with van der Waals surface area (Å²) in [6, 6.07) is 7.71. The number of carboxylic acids is 2. The van der Waals surface area contributed by atoms with Gasteiger partial charge in [0.25, 0.3) is 0 Å². The fraction of sp³-hybridized carbons (Fsp3) is 0.609. The molecule has 2 fully saturated rings. The molecule has 7 nitrogen and oxygen atoms in total. The van der Waals surface area contributed by atoms with Crippen molar-refractivity contribution >= 4 is 17.8 Å². The summed E-state index contributed by atoms with van der Waals surface area (Å²) in [5, 5.41) is 18.6. The van der Waals surface area contributed by atoms with Crippen LogP contribution in [0.15, 0.2) is 24.3 Å². The summed E-state index contributed by atoms with van der Waals surface area (Å²) < 4.78 is 6.05. The SMILES string of the molecule is CCCN(Cc1ccc(OC2CCCCC2)cc1)C(=O)C1CC(C(=O)O)C1C(=O)O. The highest BCUT2D eigenvalue weighted by atomic mass is 16.5. The zero-order chi connectivity index (χ0) is 21.7. The predicted octanol–water partition coefficient (Wildman–Crippen LogP) is 3.56. The van der Waals surface area contributed by atoms with Crippen molar-refractivity contribution in [2.75, 3.05) is 6.54 Å². The maximum atomic E-state index is 13.0. The Morgan fingerprint density at radius 3 is 2.23 bits per heavy atom. The zero-order valence-corrected chi connectivity index (χ0v) is 17.5. The van der Waals surface area contributed by atoms with E-state index in [4.69, 9.17) is 4.74 Å². The number of amides is 1. The fourth-order valence-corrected chi connectivity index (χ4v) is 4.55. The zero-order valence-electron chi connectivity index (χ0n) is 17.5. The van der Waals surface area contributed by atoms with Crippen LogP contribution in [-0.4, -0.2) is 45.6 Å². The quantitative estimate of drug-likeness (QED) is 0.637. The number of aliphatic carboxylic acids is 2. The maximum Gasteiger partial charge on any atom is 0.308 e. The van der Waals surface area contributed by atoms with Gasteiger partial charge in [0.15, 0.2) is 0 Å². The van der Waals surface area contributed by atoms with Crippen molar-refractivity contribution in [2.24, 2.45) is 17.8 Å². The van der Waals surface area contributed by atoms with Gasteiger partial charge in [-0.15, -0.1) is 0 Å². The predicted molar refractivity (Wildman–Crippen MR) is 110 cm³/mol. The molecule has 164 valence electrons. The van der Waals surface area contributed by atoms with Gasteiger partial charge in [0.1, 0.15) is 5.75 Å². The van der Waals surface area contributed by atoms with Crippen LogP contribution in [0.25, 0.3) is 0 Å². The van der Waals surface area contributed by atoms with Crippen LogP contribution in [0.5, 0.6) is 5.75 Å². The summed E-state index contributed by atoms with van der Waals surface area (Å²) in [5.41, 5.74) is 0.939. The summed E-state index contributed by atoms with van der Waals surface area (Å²) >= 11 is 0. The molecule has 0 radical (unpaired) electrons. The number of ether oxygens (including phenoxy) is 1. The highest BCUT2D eigenvalue weighted by molar-refractivity contribution is 5.91. The van der Waals surface area contributed by atoms with E-state index in [0.29, 0.717) is 13.1 Å². The number of hydrogen-bond acceptors (Lipinski definition) is 4. The lowest BCUT2D eigenvalue weighted by Gasteiger charge is -2.40. The molecule has 0 spiro atoms. The van der Waals surface area contributed by atoms with E-state index >= 15 is 0 Å². The summed E-state index contributed by atoms with van der Waals surface area (Å²) in [6.07, 6.45) is 6.96. The van der Waals surface area contributed by atoms with Crippen LogP contribution in [0, 0.1) is 17.8 Å². The average molecular weight is 418 g/mol. The standard InChI is InChI=1S/C23H31NO6/c1-2-12-24(21(25)18-13-19(22(26)27)20(18)23(28)29)14-15-8-10-17(11-9-15)30-16-6-4-3-5-7-16/h8-11,16,18-20H,2-7,12-14H2,1H3,(H,26,27)(H,28,29). The van der Waals surface area contributed by atoms with Crippen molar-refractivity contribution in [3.05, 3.63) is 29.8 Å². The van der Waals surface area contributed by atoms with E-state index in [1.165, 1.54) is 19.3 Å². The highest BCUT2D eigenvalue weighted by Crippen LogP contribution is 2.42. The summed E-state index contributed by atoms with van der Waals surface area (Å²) in [6.45, 7) is 2.83. The fourth-order valence-electron chi connectivity index (χ4n) is 4.55. The Morgan fingerprint density at radius 2 is 1.67 bits per heavy atom. The Kier molecular flexibility index (Phi) is 7.34. The largest absolute Gasteiger partial charge is 0.490 e. The molecule has 0 bridgehead atoms. The number of carboxylic acid groups (broad SMARTS) is 2. The minimum atomic E-state index is -1.22. The van der Waals surface area contributed by atoms with Crippen LogP contribution >= 0.6 is 0 Å². The van der Waals surface area contributed by atoms with Crippen molar-refractivity contribution in [2.45, 2.75) is 64.5 Å². The van der Waals surface area contributed by atoms with Gasteiger partial charge < -0.3 is 19.8 Å². The molecule has 30 heavy (non-hydrogen) atoms. The highest BCUT2D eigenvalue weighted by Gasteiger charge is 2.54. The smallest absolute Gasteiger partial charge is 0.308 e. The van der Waals surface area contributed by atoms with Gasteiger partial charge >= 0.3 is 11.9 Å². The lowest BCUT2D eigenvalue weighted by atomic mass is 9.64. The van der Waals surface area contributed by atoms with Crippen molar-refractivity contribution in [1.29, 1.82) is 0 Å². The first-order valence-electron chi connectivity index (χ1n) is 10.9. The van der Waals surface area contributed by atoms with Crippen LogP contribution in [0.4, 0.5) is 0 Å². The third kappa shape index (κ3) is 5.12. The van der Waals surface area contributed by atoms with Crippen molar-refractivity contribution in [1.82, 2.24) is 4.90 Å². The van der Waals surface area contributed by atoms with Crippen molar-refractivity contribution in [3.8, 4) is 5.75 Å². The second kappa shape index (κ2) is 9.96. The molecule has 0 aromatic heterocycles. The third-order valence-electron chi connectivity index (χ3n) is 6.25. The number of rotatable bonds is 9. The second-order valence-electron chi connectivity index (χ2n) is 8.43. The first-order chi connectivity index (χ1) is 14.4. The minimum absolute atomic E-state index is 0.0829. The first-order valence-corrected chi connectivity index (χ1v) is 10.9. The van der Waals surface area contributed by atoms with E-state index in [-0.39, 0.29) is 18.4 Å². The monoisotopic (exact) mass is 417 g/mol. The van der Waals surface area contributed by atoms with Gasteiger partial charge in [-0.3, -0.25) is 14.4 Å². The molecular formula is C23H31NO6. The molecule has 0 saturated heterocycles. The second-order valence-corrected chi connectivity index (χ2v) is 8.43. The Bertz CT molecular complexity index is 755. The van der Waals surface area contributed by atoms with Gasteiger partial charge in [0.2, 0.25) is 5.91 Å². The molecule has 2 saturated carbocycles. The van der Waals surface area contributed by atoms with Crippen LogP contribution in [-0.2, 0) is 20.9 Å². The van der Waals surface area contributed by atoms with Gasteiger partial charge in [-0.05, 0) is 56.2 Å². The van der Waals surface area contributed by atoms with Gasteiger partial charge in [0, 0.05) is 13.1 Å². The number of nitrogens with zero attached hydrogens (tertiary/aromatic N) is 1. The van der Waals surface area contributed by atoms with E-state index in [1.54, 1.807) is 4.90 Å². The maximum absolute atomic E-state index is 13.0. The molecule has 1 amide bonds. The molecular weight excluding hydrogens is 386 g/mol. The Labute approximate surface area is 177 Å². The van der Waals surface area contributed by atoms with Gasteiger partial charge in [-0.1, -0.05) is 25.5 Å². The summed E-state index contributed by atoms with van der Waals surface area (Å²) in [7, 11) is 0. The number of benzene rings is 1. The van der Waals surface area contributed by atoms with E-state index in [0.717, 1.165) is 30.6 Å². The lowest BCUT2D eigenvalue weighted by Crippen LogP contribution is -2.53. The van der Waals surface area contributed by atoms with E-state index < -0.39 is 29.7 Å². The van der Waals surface area contributed by atoms with E-state index in [1.807, 2.05) is 31.2 Å². The Hall–Kier alpha value is -2.57. The molecule has 3 unspecified atom stereocenters. The van der Waals surface area contributed by atoms with Gasteiger partial charge in [-0.2, -0.15) is 0 Å². The molecule has 3 rings (SSSR count). The molecule has 2 aliphatic carbocycles.